The maximum absolute atomic E-state index is 11.8. The molecule has 11 heavy (non-hydrogen) atoms. The predicted molar refractivity (Wildman–Crippen MR) is 28.6 cm³/mol. The fourth-order valence-electron chi connectivity index (χ4n) is 0.573. The Kier molecular flexibility index (Phi) is 1.84. The molecule has 1 heterocycles. The molecular formula is C5H2F4N2. The zero-order chi connectivity index (χ0) is 8.48. The minimum atomic E-state index is -4.63. The van der Waals surface area contributed by atoms with E-state index < -0.39 is 24.2 Å². The average Bonchev–Trinajstić information content (AvgIpc) is 2.31. The Bertz CT molecular complexity index is 215. The van der Waals surface area contributed by atoms with Gasteiger partial charge in [0.1, 0.15) is 12.4 Å². The van der Waals surface area contributed by atoms with Crippen molar-refractivity contribution in [2.24, 2.45) is 4.99 Å². The molecule has 0 aliphatic carbocycles. The highest BCUT2D eigenvalue weighted by Gasteiger charge is 2.38. The van der Waals surface area contributed by atoms with E-state index in [1.54, 1.807) is 6.34 Å². The van der Waals surface area contributed by atoms with Crippen molar-refractivity contribution in [1.82, 2.24) is 5.32 Å². The van der Waals surface area contributed by atoms with Crippen LogP contribution in [0.5, 0.6) is 0 Å². The maximum Gasteiger partial charge on any atom is 0.435 e. The van der Waals surface area contributed by atoms with Crippen molar-refractivity contribution >= 4 is 6.34 Å². The third kappa shape index (κ3) is 1.50. The molecule has 0 aromatic heterocycles. The van der Waals surface area contributed by atoms with Gasteiger partial charge in [-0.1, -0.05) is 0 Å². The molecular weight excluding hydrogens is 164 g/mol. The van der Waals surface area contributed by atoms with Crippen LogP contribution < -0.4 is 5.32 Å². The first-order valence-electron chi connectivity index (χ1n) is 2.58. The van der Waals surface area contributed by atoms with Crippen molar-refractivity contribution in [3.05, 3.63) is 11.4 Å². The van der Waals surface area contributed by atoms with Crippen LogP contribution in [-0.2, 0) is 0 Å². The minimum absolute atomic E-state index is 0.711. The summed E-state index contributed by atoms with van der Waals surface area (Å²) in [5, 5.41) is 2.97. The Hall–Kier alpha value is -1.07. The number of halogens is 4. The van der Waals surface area contributed by atoms with Gasteiger partial charge in [-0.3, -0.25) is 0 Å². The quantitative estimate of drug-likeness (QED) is 0.524. The number of hydrogen-bond acceptors (Lipinski definition) is 1. The Balaban J connectivity index is 2.91. The SMILES string of the molecule is FCC1=C(C(F)(F)F)N=[C][N]1. The van der Waals surface area contributed by atoms with E-state index >= 15 is 0 Å². The molecule has 0 aromatic carbocycles. The van der Waals surface area contributed by atoms with Crippen LogP contribution in [0.1, 0.15) is 0 Å². The zero-order valence-electron chi connectivity index (χ0n) is 5.11. The first-order valence-corrected chi connectivity index (χ1v) is 2.58. The van der Waals surface area contributed by atoms with E-state index in [1.165, 1.54) is 0 Å². The normalized spacial score (nSPS) is 17.5. The first kappa shape index (κ1) is 8.03. The van der Waals surface area contributed by atoms with Crippen molar-refractivity contribution in [3.8, 4) is 0 Å². The van der Waals surface area contributed by atoms with Gasteiger partial charge in [0.15, 0.2) is 12.0 Å². The summed E-state index contributed by atoms with van der Waals surface area (Å²) in [6.45, 7) is -1.27. The van der Waals surface area contributed by atoms with Crippen molar-refractivity contribution in [1.29, 1.82) is 0 Å². The van der Waals surface area contributed by atoms with Gasteiger partial charge in [-0.15, -0.1) is 0 Å². The lowest BCUT2D eigenvalue weighted by Crippen LogP contribution is -2.13. The van der Waals surface area contributed by atoms with E-state index in [0.717, 1.165) is 0 Å². The summed E-state index contributed by atoms with van der Waals surface area (Å²) >= 11 is 0. The van der Waals surface area contributed by atoms with Crippen LogP contribution in [0.4, 0.5) is 17.6 Å². The molecule has 0 bridgehead atoms. The van der Waals surface area contributed by atoms with E-state index in [-0.39, 0.29) is 0 Å². The predicted octanol–water partition coefficient (Wildman–Crippen LogP) is 1.25. The van der Waals surface area contributed by atoms with Gasteiger partial charge < -0.3 is 0 Å². The fourth-order valence-corrected chi connectivity index (χ4v) is 0.573. The molecule has 0 aromatic rings. The minimum Gasteiger partial charge on any atom is -0.244 e. The van der Waals surface area contributed by atoms with Crippen LogP contribution in [0.15, 0.2) is 16.4 Å². The van der Waals surface area contributed by atoms with Crippen LogP contribution >= 0.6 is 0 Å². The summed E-state index contributed by atoms with van der Waals surface area (Å²) < 4.78 is 47.1. The summed E-state index contributed by atoms with van der Waals surface area (Å²) in [5.41, 5.74) is -2.00. The molecule has 0 N–H and O–H groups in total. The van der Waals surface area contributed by atoms with Crippen LogP contribution in [-0.4, -0.2) is 19.2 Å². The molecule has 1 rings (SSSR count). The van der Waals surface area contributed by atoms with Gasteiger partial charge in [0.2, 0.25) is 0 Å². The van der Waals surface area contributed by atoms with Gasteiger partial charge in [-0.25, -0.2) is 14.7 Å². The van der Waals surface area contributed by atoms with Gasteiger partial charge in [0, 0.05) is 0 Å². The Morgan fingerprint density at radius 2 is 2.00 bits per heavy atom. The van der Waals surface area contributed by atoms with Gasteiger partial charge >= 0.3 is 6.18 Å². The monoisotopic (exact) mass is 166 g/mol. The van der Waals surface area contributed by atoms with Crippen molar-refractivity contribution in [3.63, 3.8) is 0 Å². The lowest BCUT2D eigenvalue weighted by atomic mass is 10.3. The molecule has 2 nitrogen and oxygen atoms in total. The topological polar surface area (TPSA) is 26.5 Å². The Labute approximate surface area is 59.6 Å². The van der Waals surface area contributed by atoms with Crippen molar-refractivity contribution < 1.29 is 17.6 Å². The summed E-state index contributed by atoms with van der Waals surface area (Å²) in [7, 11) is 0. The standard InChI is InChI=1S/C5H2F4N2/c6-1-3-4(5(7,8)9)11-2-10-3/h1H2. The van der Waals surface area contributed by atoms with E-state index in [0.29, 0.717) is 0 Å². The second-order valence-corrected chi connectivity index (χ2v) is 1.75. The molecule has 2 radical (unpaired) electrons. The third-order valence-corrected chi connectivity index (χ3v) is 1.02. The molecule has 0 atom stereocenters. The Morgan fingerprint density at radius 3 is 2.36 bits per heavy atom. The third-order valence-electron chi connectivity index (χ3n) is 1.02. The highest BCUT2D eigenvalue weighted by molar-refractivity contribution is 5.63. The van der Waals surface area contributed by atoms with Gasteiger partial charge in [0.25, 0.3) is 0 Å². The second-order valence-electron chi connectivity index (χ2n) is 1.75. The molecule has 1 aliphatic heterocycles. The molecule has 0 unspecified atom stereocenters. The highest BCUT2D eigenvalue weighted by atomic mass is 19.4. The summed E-state index contributed by atoms with van der Waals surface area (Å²) in [5.74, 6) is 0. The number of allylic oxidation sites excluding steroid dienone is 2. The molecule has 0 saturated carbocycles. The van der Waals surface area contributed by atoms with Gasteiger partial charge in [-0.2, -0.15) is 13.2 Å². The fraction of sp³-hybridized carbons (Fsp3) is 0.400. The van der Waals surface area contributed by atoms with E-state index in [4.69, 9.17) is 0 Å². The second kappa shape index (κ2) is 2.52. The van der Waals surface area contributed by atoms with Gasteiger partial charge in [0.05, 0.1) is 0 Å². The molecule has 0 fully saturated rings. The molecule has 6 heteroatoms. The number of nitrogens with zero attached hydrogens (tertiary/aromatic N) is 2. The van der Waals surface area contributed by atoms with Crippen LogP contribution in [0.2, 0.25) is 0 Å². The number of aliphatic imine (C=N–C) groups is 1. The lowest BCUT2D eigenvalue weighted by Gasteiger charge is -2.04. The van der Waals surface area contributed by atoms with Crippen molar-refractivity contribution in [2.75, 3.05) is 6.67 Å². The number of alkyl halides is 4. The van der Waals surface area contributed by atoms with E-state index in [9.17, 15) is 17.6 Å². The Morgan fingerprint density at radius 1 is 1.36 bits per heavy atom. The van der Waals surface area contributed by atoms with Crippen LogP contribution in [0.25, 0.3) is 0 Å². The largest absolute Gasteiger partial charge is 0.435 e. The number of rotatable bonds is 1. The zero-order valence-corrected chi connectivity index (χ0v) is 5.11. The van der Waals surface area contributed by atoms with Crippen molar-refractivity contribution in [2.45, 2.75) is 6.18 Å². The lowest BCUT2D eigenvalue weighted by molar-refractivity contribution is -0.0931. The molecule has 0 spiro atoms. The maximum atomic E-state index is 11.8. The first-order chi connectivity index (χ1) is 5.05. The van der Waals surface area contributed by atoms with E-state index in [2.05, 4.69) is 10.3 Å². The average molecular weight is 166 g/mol. The molecule has 0 saturated heterocycles. The molecule has 0 amide bonds. The smallest absolute Gasteiger partial charge is 0.244 e. The highest BCUT2D eigenvalue weighted by Crippen LogP contribution is 2.30. The summed E-state index contributed by atoms with van der Waals surface area (Å²) in [6, 6.07) is 0. The molecule has 1 aliphatic rings. The van der Waals surface area contributed by atoms with E-state index in [1.807, 2.05) is 0 Å². The van der Waals surface area contributed by atoms with Crippen LogP contribution in [0.3, 0.4) is 0 Å². The van der Waals surface area contributed by atoms with Crippen LogP contribution in [0, 0.1) is 0 Å². The van der Waals surface area contributed by atoms with Gasteiger partial charge in [-0.05, 0) is 0 Å². The number of hydrogen-bond donors (Lipinski definition) is 0. The summed E-state index contributed by atoms with van der Waals surface area (Å²) in [6.07, 6.45) is -2.93. The summed E-state index contributed by atoms with van der Waals surface area (Å²) in [4.78, 5) is 2.76. The molecule has 60 valence electrons.